The normalized spacial score (nSPS) is 16.1. The number of hydrogen-bond donors (Lipinski definition) is 1. The zero-order chi connectivity index (χ0) is 23.7. The van der Waals surface area contributed by atoms with Crippen LogP contribution in [0.15, 0.2) is 48.5 Å². The molecule has 0 bridgehead atoms. The van der Waals surface area contributed by atoms with Crippen molar-refractivity contribution in [2.24, 2.45) is 5.92 Å². The number of aromatic nitrogens is 1. The van der Waals surface area contributed by atoms with Crippen LogP contribution in [-0.2, 0) is 6.54 Å². The van der Waals surface area contributed by atoms with E-state index in [1.54, 1.807) is 29.2 Å². The number of amides is 1. The van der Waals surface area contributed by atoms with Crippen LogP contribution in [0.5, 0.6) is 0 Å². The largest absolute Gasteiger partial charge is 0.396 e. The van der Waals surface area contributed by atoms with Crippen molar-refractivity contribution in [2.45, 2.75) is 26.3 Å². The predicted octanol–water partition coefficient (Wildman–Crippen LogP) is 5.70. The van der Waals surface area contributed by atoms with Crippen LogP contribution in [0.3, 0.4) is 0 Å². The molecule has 1 fully saturated rings. The number of carbonyl (C=O) groups is 1. The number of carbonyl (C=O) groups excluding carboxylic acids is 1. The minimum Gasteiger partial charge on any atom is -0.396 e. The van der Waals surface area contributed by atoms with E-state index in [9.17, 15) is 23.1 Å². The topological polar surface area (TPSA) is 45.5 Å². The van der Waals surface area contributed by atoms with E-state index in [4.69, 9.17) is 11.6 Å². The van der Waals surface area contributed by atoms with E-state index in [1.165, 1.54) is 23.6 Å². The van der Waals surface area contributed by atoms with Crippen molar-refractivity contribution >= 4 is 17.5 Å². The van der Waals surface area contributed by atoms with E-state index in [0.29, 0.717) is 19.5 Å². The quantitative estimate of drug-likeness (QED) is 0.496. The summed E-state index contributed by atoms with van der Waals surface area (Å²) in [6.45, 7) is 2.18. The Morgan fingerprint density at radius 1 is 1.21 bits per heavy atom. The molecule has 0 radical (unpaired) electrons. The van der Waals surface area contributed by atoms with Crippen LogP contribution in [0.4, 0.5) is 13.2 Å². The highest BCUT2D eigenvalue weighted by atomic mass is 35.5. The second-order valence-corrected chi connectivity index (χ2v) is 8.76. The lowest BCUT2D eigenvalue weighted by Crippen LogP contribution is -2.31. The van der Waals surface area contributed by atoms with E-state index in [1.807, 2.05) is 6.07 Å². The first-order valence-electron chi connectivity index (χ1n) is 10.7. The Morgan fingerprint density at radius 3 is 2.55 bits per heavy atom. The first-order valence-corrected chi connectivity index (χ1v) is 11.1. The molecular weight excluding hydrogens is 453 g/mol. The SMILES string of the molecule is Cc1c(-c2ccc(Cl)cc2F)c(C(=O)N2CCC(CO)C2)n(Cc2ccccc2)c1C(F)F. The van der Waals surface area contributed by atoms with Gasteiger partial charge >= 0.3 is 0 Å². The Hall–Kier alpha value is -2.77. The van der Waals surface area contributed by atoms with E-state index >= 15 is 0 Å². The van der Waals surface area contributed by atoms with Gasteiger partial charge < -0.3 is 14.6 Å². The van der Waals surface area contributed by atoms with Gasteiger partial charge in [0.2, 0.25) is 0 Å². The maximum atomic E-state index is 15.0. The van der Waals surface area contributed by atoms with Crippen LogP contribution < -0.4 is 0 Å². The number of hydrogen-bond acceptors (Lipinski definition) is 2. The third-order valence-electron chi connectivity index (χ3n) is 6.18. The number of alkyl halides is 2. The Bertz CT molecular complexity index is 1160. The van der Waals surface area contributed by atoms with Crippen molar-refractivity contribution in [3.05, 3.63) is 81.9 Å². The molecule has 1 saturated heterocycles. The molecule has 1 aliphatic heterocycles. The summed E-state index contributed by atoms with van der Waals surface area (Å²) in [6.07, 6.45) is -2.25. The molecule has 8 heteroatoms. The molecule has 1 aromatic heterocycles. The molecular formula is C25H24ClF3N2O2. The van der Waals surface area contributed by atoms with Crippen LogP contribution in [0.2, 0.25) is 5.02 Å². The number of nitrogens with zero attached hydrogens (tertiary/aromatic N) is 2. The molecule has 0 saturated carbocycles. The molecule has 1 atom stereocenters. The lowest BCUT2D eigenvalue weighted by Gasteiger charge is -2.20. The number of aliphatic hydroxyl groups excluding tert-OH is 1. The number of likely N-dealkylation sites (tertiary alicyclic amines) is 1. The number of aliphatic hydroxyl groups is 1. The van der Waals surface area contributed by atoms with Gasteiger partial charge in [0, 0.05) is 48.3 Å². The van der Waals surface area contributed by atoms with Crippen molar-refractivity contribution in [3.8, 4) is 11.1 Å². The summed E-state index contributed by atoms with van der Waals surface area (Å²) in [5.41, 5.74) is 0.792. The minimum atomic E-state index is -2.87. The lowest BCUT2D eigenvalue weighted by molar-refractivity contribution is 0.0769. The summed E-state index contributed by atoms with van der Waals surface area (Å²) in [6, 6.07) is 13.0. The first-order chi connectivity index (χ1) is 15.8. The monoisotopic (exact) mass is 476 g/mol. The van der Waals surface area contributed by atoms with Gasteiger partial charge in [-0.2, -0.15) is 0 Å². The van der Waals surface area contributed by atoms with Crippen LogP contribution in [-0.4, -0.2) is 40.2 Å². The molecule has 1 unspecified atom stereocenters. The van der Waals surface area contributed by atoms with Crippen molar-refractivity contribution in [2.75, 3.05) is 19.7 Å². The summed E-state index contributed by atoms with van der Waals surface area (Å²) in [5, 5.41) is 9.67. The summed E-state index contributed by atoms with van der Waals surface area (Å²) in [7, 11) is 0. The number of benzene rings is 2. The first kappa shape index (κ1) is 23.4. The van der Waals surface area contributed by atoms with E-state index in [-0.39, 0.29) is 52.2 Å². The van der Waals surface area contributed by atoms with Crippen LogP contribution in [0, 0.1) is 18.7 Å². The molecule has 4 nitrogen and oxygen atoms in total. The van der Waals surface area contributed by atoms with E-state index < -0.39 is 18.1 Å². The Morgan fingerprint density at radius 2 is 1.94 bits per heavy atom. The number of rotatable bonds is 6. The smallest absolute Gasteiger partial charge is 0.278 e. The maximum absolute atomic E-state index is 15.0. The Balaban J connectivity index is 1.95. The van der Waals surface area contributed by atoms with Gasteiger partial charge in [-0.3, -0.25) is 4.79 Å². The van der Waals surface area contributed by atoms with E-state index in [0.717, 1.165) is 11.6 Å². The number of halogens is 4. The molecule has 2 heterocycles. The standard InChI is InChI=1S/C25H24ClF3N2O2/c1-15-21(19-8-7-18(26)11-20(19)27)23(25(33)30-10-9-17(12-30)14-32)31(22(15)24(28)29)13-16-5-3-2-4-6-16/h2-8,11,17,24,32H,9-10,12-14H2,1H3. The summed E-state index contributed by atoms with van der Waals surface area (Å²) in [5.74, 6) is -1.22. The summed E-state index contributed by atoms with van der Waals surface area (Å²) in [4.78, 5) is 15.3. The van der Waals surface area contributed by atoms with Gasteiger partial charge in [0.05, 0.1) is 5.69 Å². The second-order valence-electron chi connectivity index (χ2n) is 8.32. The van der Waals surface area contributed by atoms with Crippen molar-refractivity contribution in [1.82, 2.24) is 9.47 Å². The summed E-state index contributed by atoms with van der Waals surface area (Å²) < 4.78 is 45.0. The van der Waals surface area contributed by atoms with Gasteiger partial charge in [-0.25, -0.2) is 13.2 Å². The van der Waals surface area contributed by atoms with Gasteiger partial charge in [-0.1, -0.05) is 41.9 Å². The van der Waals surface area contributed by atoms with Gasteiger partial charge in [-0.15, -0.1) is 0 Å². The highest BCUT2D eigenvalue weighted by molar-refractivity contribution is 6.30. The highest BCUT2D eigenvalue weighted by Crippen LogP contribution is 2.40. The van der Waals surface area contributed by atoms with Crippen LogP contribution >= 0.6 is 11.6 Å². The molecule has 0 aliphatic carbocycles. The predicted molar refractivity (Wildman–Crippen MR) is 121 cm³/mol. The fraction of sp³-hybridized carbons (Fsp3) is 0.320. The molecule has 1 N–H and O–H groups in total. The lowest BCUT2D eigenvalue weighted by atomic mass is 9.99. The minimum absolute atomic E-state index is 0.0199. The fourth-order valence-corrected chi connectivity index (χ4v) is 4.69. The Labute approximate surface area is 195 Å². The van der Waals surface area contributed by atoms with Crippen molar-refractivity contribution in [1.29, 1.82) is 0 Å². The molecule has 174 valence electrons. The third-order valence-corrected chi connectivity index (χ3v) is 6.42. The molecule has 1 aliphatic rings. The third kappa shape index (κ3) is 4.52. The highest BCUT2D eigenvalue weighted by Gasteiger charge is 2.35. The van der Waals surface area contributed by atoms with Crippen molar-refractivity contribution in [3.63, 3.8) is 0 Å². The second kappa shape index (κ2) is 9.61. The van der Waals surface area contributed by atoms with Gasteiger partial charge in [0.15, 0.2) is 0 Å². The average molecular weight is 477 g/mol. The molecule has 33 heavy (non-hydrogen) atoms. The molecule has 0 spiro atoms. The molecule has 1 amide bonds. The molecule has 3 aromatic rings. The van der Waals surface area contributed by atoms with Gasteiger partial charge in [-0.05, 0) is 42.7 Å². The molecule has 4 rings (SSSR count). The zero-order valence-electron chi connectivity index (χ0n) is 18.1. The Kier molecular flexibility index (Phi) is 6.81. The maximum Gasteiger partial charge on any atom is 0.278 e. The van der Waals surface area contributed by atoms with Crippen LogP contribution in [0.1, 0.15) is 40.2 Å². The van der Waals surface area contributed by atoms with E-state index in [2.05, 4.69) is 0 Å². The zero-order valence-corrected chi connectivity index (χ0v) is 18.8. The van der Waals surface area contributed by atoms with Crippen molar-refractivity contribution < 1.29 is 23.1 Å². The van der Waals surface area contributed by atoms with Gasteiger partial charge in [0.25, 0.3) is 12.3 Å². The summed E-state index contributed by atoms with van der Waals surface area (Å²) >= 11 is 5.91. The average Bonchev–Trinajstić information content (AvgIpc) is 3.37. The fourth-order valence-electron chi connectivity index (χ4n) is 4.54. The molecule has 2 aromatic carbocycles. The van der Waals surface area contributed by atoms with Crippen LogP contribution in [0.25, 0.3) is 11.1 Å². The van der Waals surface area contributed by atoms with Gasteiger partial charge in [0.1, 0.15) is 11.5 Å².